The first-order valence-corrected chi connectivity index (χ1v) is 20.7. The molecule has 0 aromatic carbocycles. The van der Waals surface area contributed by atoms with E-state index >= 15 is 0 Å². The van der Waals surface area contributed by atoms with Crippen LogP contribution in [-0.2, 0) is 4.79 Å². The van der Waals surface area contributed by atoms with Crippen LogP contribution in [0.15, 0.2) is 48.6 Å². The molecule has 0 heterocycles. The zero-order valence-corrected chi connectivity index (χ0v) is 32.3. The third-order valence-corrected chi connectivity index (χ3v) is 9.36. The quantitative estimate of drug-likeness (QED) is 0.0538. The van der Waals surface area contributed by atoms with Crippen LogP contribution in [-0.4, -0.2) is 37.0 Å². The van der Waals surface area contributed by atoms with Gasteiger partial charge in [-0.3, -0.25) is 4.79 Å². The van der Waals surface area contributed by atoms with Gasteiger partial charge in [-0.1, -0.05) is 159 Å². The summed E-state index contributed by atoms with van der Waals surface area (Å²) in [6.07, 6.45) is 53.5. The lowest BCUT2D eigenvalue weighted by atomic mass is 9.99. The molecule has 0 unspecified atom stereocenters. The summed E-state index contributed by atoms with van der Waals surface area (Å²) >= 11 is 0. The molecule has 0 aliphatic heterocycles. The van der Waals surface area contributed by atoms with Crippen LogP contribution < -0.4 is 5.32 Å². The lowest BCUT2D eigenvalue weighted by Crippen LogP contribution is -2.35. The lowest BCUT2D eigenvalue weighted by Gasteiger charge is -2.20. The number of nitrogens with one attached hydrogen (secondary N) is 1. The fourth-order valence-electron chi connectivity index (χ4n) is 6.01. The molecule has 1 N–H and O–H groups in total. The Bertz CT molecular complexity index is 704. The normalized spacial score (nSPS) is 12.4. The first-order chi connectivity index (χ1) is 23.1. The second kappa shape index (κ2) is 38.8. The Kier molecular flexibility index (Phi) is 37.5. The molecular weight excluding hydrogens is 572 g/mol. The Hall–Kier alpha value is -1.61. The molecule has 0 bridgehead atoms. The van der Waals surface area contributed by atoms with Crippen molar-refractivity contribution in [3.63, 3.8) is 0 Å². The first kappa shape index (κ1) is 45.4. The van der Waals surface area contributed by atoms with Gasteiger partial charge in [0.1, 0.15) is 0 Å². The lowest BCUT2D eigenvalue weighted by molar-refractivity contribution is -0.122. The Morgan fingerprint density at radius 1 is 0.511 bits per heavy atom. The van der Waals surface area contributed by atoms with E-state index in [9.17, 15) is 4.79 Å². The molecule has 0 fully saturated rings. The SMILES string of the molecule is CCCCC/C=C\C/C=C\CCCCCCCCC(CCCCCCCC/C=C\C/C=C\CCCCC)NC(=O)CCCN(C)CC. The maximum absolute atomic E-state index is 12.7. The number of hydrogen-bond acceptors (Lipinski definition) is 2. The average Bonchev–Trinajstić information content (AvgIpc) is 3.07. The number of amides is 1. The largest absolute Gasteiger partial charge is 0.353 e. The summed E-state index contributed by atoms with van der Waals surface area (Å²) in [4.78, 5) is 15.0. The first-order valence-electron chi connectivity index (χ1n) is 20.7. The van der Waals surface area contributed by atoms with Crippen LogP contribution in [0.25, 0.3) is 0 Å². The number of hydrogen-bond donors (Lipinski definition) is 1. The molecule has 0 saturated heterocycles. The highest BCUT2D eigenvalue weighted by molar-refractivity contribution is 5.76. The van der Waals surface area contributed by atoms with Crippen molar-refractivity contribution in [1.29, 1.82) is 0 Å². The summed E-state index contributed by atoms with van der Waals surface area (Å²) in [7, 11) is 2.14. The van der Waals surface area contributed by atoms with E-state index in [4.69, 9.17) is 0 Å². The minimum Gasteiger partial charge on any atom is -0.353 e. The fraction of sp³-hybridized carbons (Fsp3) is 0.795. The third kappa shape index (κ3) is 37.1. The molecule has 3 nitrogen and oxygen atoms in total. The van der Waals surface area contributed by atoms with E-state index in [-0.39, 0.29) is 5.91 Å². The standard InChI is InChI=1S/C44H82N2O/c1-5-8-10-12-14-16-18-20-22-24-26-28-30-32-34-36-39-43(45-44(47)41-38-42-46(4)7-3)40-37-35-33-31-29-27-25-23-21-19-17-15-13-11-9-6-2/h14-17,20-23,43H,5-13,18-19,24-42H2,1-4H3,(H,45,47)/b16-14-,17-15-,22-20-,23-21-. The Balaban J connectivity index is 4.07. The van der Waals surface area contributed by atoms with Crippen molar-refractivity contribution in [2.24, 2.45) is 0 Å². The highest BCUT2D eigenvalue weighted by Gasteiger charge is 2.12. The van der Waals surface area contributed by atoms with Gasteiger partial charge in [-0.2, -0.15) is 0 Å². The van der Waals surface area contributed by atoms with E-state index in [2.05, 4.69) is 86.6 Å². The van der Waals surface area contributed by atoms with Crippen molar-refractivity contribution in [2.45, 2.75) is 207 Å². The van der Waals surface area contributed by atoms with Gasteiger partial charge in [-0.05, 0) is 104 Å². The molecule has 274 valence electrons. The van der Waals surface area contributed by atoms with Gasteiger partial charge in [0.05, 0.1) is 0 Å². The summed E-state index contributed by atoms with van der Waals surface area (Å²) < 4.78 is 0. The minimum absolute atomic E-state index is 0.263. The monoisotopic (exact) mass is 655 g/mol. The van der Waals surface area contributed by atoms with Crippen molar-refractivity contribution in [2.75, 3.05) is 20.1 Å². The highest BCUT2D eigenvalue weighted by Crippen LogP contribution is 2.16. The van der Waals surface area contributed by atoms with Crippen molar-refractivity contribution < 1.29 is 4.79 Å². The molecule has 0 atom stereocenters. The molecule has 3 heteroatoms. The molecule has 0 aliphatic carbocycles. The molecular formula is C44H82N2O. The summed E-state index contributed by atoms with van der Waals surface area (Å²) in [6.45, 7) is 8.76. The zero-order valence-electron chi connectivity index (χ0n) is 32.3. The van der Waals surface area contributed by atoms with Crippen LogP contribution in [0, 0.1) is 0 Å². The number of allylic oxidation sites excluding steroid dienone is 8. The predicted molar refractivity (Wildman–Crippen MR) is 212 cm³/mol. The smallest absolute Gasteiger partial charge is 0.220 e. The predicted octanol–water partition coefficient (Wildman–Crippen LogP) is 13.6. The van der Waals surface area contributed by atoms with Crippen molar-refractivity contribution >= 4 is 5.91 Å². The van der Waals surface area contributed by atoms with E-state index in [1.807, 2.05) is 0 Å². The van der Waals surface area contributed by atoms with E-state index in [1.165, 1.54) is 141 Å². The van der Waals surface area contributed by atoms with Crippen molar-refractivity contribution in [3.8, 4) is 0 Å². The molecule has 1 amide bonds. The second-order valence-corrected chi connectivity index (χ2v) is 14.0. The van der Waals surface area contributed by atoms with Gasteiger partial charge in [0, 0.05) is 12.5 Å². The molecule has 0 spiro atoms. The summed E-state index contributed by atoms with van der Waals surface area (Å²) in [6, 6.07) is 0.364. The molecule has 0 aromatic heterocycles. The highest BCUT2D eigenvalue weighted by atomic mass is 16.1. The van der Waals surface area contributed by atoms with Gasteiger partial charge in [0.15, 0.2) is 0 Å². The molecule has 0 saturated carbocycles. The maximum atomic E-state index is 12.7. The Morgan fingerprint density at radius 3 is 1.30 bits per heavy atom. The van der Waals surface area contributed by atoms with E-state index in [0.717, 1.165) is 45.2 Å². The number of nitrogens with zero attached hydrogens (tertiary/aromatic N) is 1. The number of unbranched alkanes of at least 4 members (excludes halogenated alkanes) is 18. The van der Waals surface area contributed by atoms with Crippen LogP contribution in [0.3, 0.4) is 0 Å². The van der Waals surface area contributed by atoms with Crippen molar-refractivity contribution in [1.82, 2.24) is 10.2 Å². The van der Waals surface area contributed by atoms with Gasteiger partial charge in [0.2, 0.25) is 5.91 Å². The van der Waals surface area contributed by atoms with Gasteiger partial charge in [-0.15, -0.1) is 0 Å². The Labute approximate surface area is 295 Å². The molecule has 0 aliphatic rings. The van der Waals surface area contributed by atoms with E-state index in [0.29, 0.717) is 12.5 Å². The number of carbonyl (C=O) groups is 1. The van der Waals surface area contributed by atoms with Gasteiger partial charge in [0.25, 0.3) is 0 Å². The topological polar surface area (TPSA) is 32.3 Å². The Morgan fingerprint density at radius 2 is 0.894 bits per heavy atom. The minimum atomic E-state index is 0.263. The number of carbonyl (C=O) groups excluding carboxylic acids is 1. The molecule has 0 rings (SSSR count). The fourth-order valence-corrected chi connectivity index (χ4v) is 6.01. The molecule has 0 radical (unpaired) electrons. The zero-order chi connectivity index (χ0) is 34.3. The van der Waals surface area contributed by atoms with Crippen LogP contribution in [0.4, 0.5) is 0 Å². The average molecular weight is 655 g/mol. The summed E-state index contributed by atoms with van der Waals surface area (Å²) in [5.74, 6) is 0.263. The number of rotatable bonds is 36. The van der Waals surface area contributed by atoms with E-state index in [1.54, 1.807) is 0 Å². The van der Waals surface area contributed by atoms with Crippen molar-refractivity contribution in [3.05, 3.63) is 48.6 Å². The third-order valence-electron chi connectivity index (χ3n) is 9.36. The van der Waals surface area contributed by atoms with Crippen LogP contribution >= 0.6 is 0 Å². The summed E-state index contributed by atoms with van der Waals surface area (Å²) in [5, 5.41) is 3.43. The van der Waals surface area contributed by atoms with Gasteiger partial charge in [-0.25, -0.2) is 0 Å². The van der Waals surface area contributed by atoms with Crippen LogP contribution in [0.5, 0.6) is 0 Å². The summed E-state index contributed by atoms with van der Waals surface area (Å²) in [5.41, 5.74) is 0. The van der Waals surface area contributed by atoms with Crippen LogP contribution in [0.1, 0.15) is 201 Å². The van der Waals surface area contributed by atoms with Gasteiger partial charge < -0.3 is 10.2 Å². The second-order valence-electron chi connectivity index (χ2n) is 14.0. The molecule has 0 aromatic rings. The van der Waals surface area contributed by atoms with Crippen LogP contribution in [0.2, 0.25) is 0 Å². The van der Waals surface area contributed by atoms with E-state index < -0.39 is 0 Å². The molecule has 47 heavy (non-hydrogen) atoms. The van der Waals surface area contributed by atoms with Gasteiger partial charge >= 0.3 is 0 Å². The maximum Gasteiger partial charge on any atom is 0.220 e.